The molecule has 0 spiro atoms. The SMILES string of the molecule is CCOCc1c(O)c(Oc2c(C=O)c(O)cc(C)c2C(=O)OCC)c2c(c1O)C(=O)OC2OCC. The maximum Gasteiger partial charge on any atom is 0.345 e. The van der Waals surface area contributed by atoms with Gasteiger partial charge in [0.05, 0.1) is 29.9 Å². The molecule has 0 radical (unpaired) electrons. The Morgan fingerprint density at radius 2 is 1.80 bits per heavy atom. The molecule has 2 aromatic rings. The quantitative estimate of drug-likeness (QED) is 0.330. The predicted octanol–water partition coefficient (Wildman–Crippen LogP) is 3.64. The molecule has 0 amide bonds. The van der Waals surface area contributed by atoms with E-state index < -0.39 is 52.5 Å². The van der Waals surface area contributed by atoms with Crippen molar-refractivity contribution in [3.63, 3.8) is 0 Å². The number of aldehydes is 1. The van der Waals surface area contributed by atoms with Gasteiger partial charge in [-0.1, -0.05) is 0 Å². The van der Waals surface area contributed by atoms with Gasteiger partial charge in [0.25, 0.3) is 0 Å². The van der Waals surface area contributed by atoms with Crippen LogP contribution < -0.4 is 4.74 Å². The lowest BCUT2D eigenvalue weighted by molar-refractivity contribution is -0.1000. The van der Waals surface area contributed by atoms with Gasteiger partial charge >= 0.3 is 11.9 Å². The summed E-state index contributed by atoms with van der Waals surface area (Å²) in [6.07, 6.45) is -1.09. The molecule has 0 saturated carbocycles. The molecular formula is C24H26O11. The van der Waals surface area contributed by atoms with E-state index in [9.17, 15) is 29.7 Å². The van der Waals surface area contributed by atoms with Gasteiger partial charge in [0.2, 0.25) is 6.29 Å². The van der Waals surface area contributed by atoms with Gasteiger partial charge in [-0.05, 0) is 39.3 Å². The lowest BCUT2D eigenvalue weighted by Gasteiger charge is -2.21. The number of cyclic esters (lactones) is 1. The van der Waals surface area contributed by atoms with E-state index in [4.69, 9.17) is 23.7 Å². The van der Waals surface area contributed by atoms with E-state index >= 15 is 0 Å². The molecule has 1 aliphatic heterocycles. The second-order valence-electron chi connectivity index (χ2n) is 7.39. The summed E-state index contributed by atoms with van der Waals surface area (Å²) in [6.45, 7) is 6.45. The summed E-state index contributed by atoms with van der Waals surface area (Å²) in [5, 5.41) is 32.2. The van der Waals surface area contributed by atoms with Gasteiger partial charge in [-0.15, -0.1) is 0 Å². The van der Waals surface area contributed by atoms with Gasteiger partial charge in [0.15, 0.2) is 23.5 Å². The molecule has 1 aliphatic rings. The van der Waals surface area contributed by atoms with E-state index in [1.54, 1.807) is 20.8 Å². The highest BCUT2D eigenvalue weighted by molar-refractivity contribution is 6.01. The first-order valence-electron chi connectivity index (χ1n) is 10.9. The van der Waals surface area contributed by atoms with Crippen LogP contribution in [0.5, 0.6) is 28.7 Å². The second-order valence-corrected chi connectivity index (χ2v) is 7.39. The zero-order valence-electron chi connectivity index (χ0n) is 19.7. The van der Waals surface area contributed by atoms with Crippen LogP contribution >= 0.6 is 0 Å². The van der Waals surface area contributed by atoms with E-state index in [1.807, 2.05) is 0 Å². The number of phenolic OH excluding ortho intramolecular Hbond substituents is 3. The number of carbonyl (C=O) groups is 3. The predicted molar refractivity (Wildman–Crippen MR) is 119 cm³/mol. The maximum absolute atomic E-state index is 12.7. The van der Waals surface area contributed by atoms with Gasteiger partial charge in [0, 0.05) is 13.2 Å². The molecule has 188 valence electrons. The minimum Gasteiger partial charge on any atom is -0.507 e. The normalized spacial score (nSPS) is 14.4. The average molecular weight is 490 g/mol. The molecule has 0 fully saturated rings. The second kappa shape index (κ2) is 10.6. The molecule has 0 aliphatic carbocycles. The zero-order chi connectivity index (χ0) is 25.9. The first kappa shape index (κ1) is 25.8. The topological polar surface area (TPSA) is 158 Å². The van der Waals surface area contributed by atoms with Crippen molar-refractivity contribution in [1.29, 1.82) is 0 Å². The molecule has 2 aromatic carbocycles. The number of ether oxygens (including phenoxy) is 5. The van der Waals surface area contributed by atoms with E-state index in [0.717, 1.165) is 0 Å². The molecule has 11 heteroatoms. The number of hydrogen-bond donors (Lipinski definition) is 3. The smallest absolute Gasteiger partial charge is 0.345 e. The fourth-order valence-electron chi connectivity index (χ4n) is 3.69. The Morgan fingerprint density at radius 1 is 1.09 bits per heavy atom. The van der Waals surface area contributed by atoms with Crippen LogP contribution in [-0.4, -0.2) is 53.4 Å². The van der Waals surface area contributed by atoms with Crippen LogP contribution in [0.4, 0.5) is 0 Å². The number of aromatic hydroxyl groups is 3. The van der Waals surface area contributed by atoms with Crippen molar-refractivity contribution in [2.45, 2.75) is 40.6 Å². The van der Waals surface area contributed by atoms with Crippen molar-refractivity contribution in [2.75, 3.05) is 19.8 Å². The minimum atomic E-state index is -1.36. The Bertz CT molecular complexity index is 1170. The molecule has 0 aromatic heterocycles. The summed E-state index contributed by atoms with van der Waals surface area (Å²) in [5.74, 6) is -4.33. The number of phenols is 3. The Hall–Kier alpha value is -3.83. The highest BCUT2D eigenvalue weighted by atomic mass is 16.7. The first-order valence-corrected chi connectivity index (χ1v) is 10.9. The molecule has 11 nitrogen and oxygen atoms in total. The Kier molecular flexibility index (Phi) is 7.82. The van der Waals surface area contributed by atoms with Crippen molar-refractivity contribution in [2.24, 2.45) is 0 Å². The van der Waals surface area contributed by atoms with Crippen LogP contribution in [0.25, 0.3) is 0 Å². The average Bonchev–Trinajstić information content (AvgIpc) is 3.12. The molecule has 3 rings (SSSR count). The minimum absolute atomic E-state index is 0.0160. The van der Waals surface area contributed by atoms with Gasteiger partial charge in [-0.2, -0.15) is 0 Å². The van der Waals surface area contributed by atoms with E-state index in [-0.39, 0.29) is 60.5 Å². The molecule has 0 bridgehead atoms. The highest BCUT2D eigenvalue weighted by Crippen LogP contribution is 2.52. The van der Waals surface area contributed by atoms with Crippen LogP contribution in [0, 0.1) is 6.92 Å². The van der Waals surface area contributed by atoms with E-state index in [0.29, 0.717) is 0 Å². The molecule has 35 heavy (non-hydrogen) atoms. The third kappa shape index (κ3) is 4.60. The number of benzene rings is 2. The number of hydrogen-bond acceptors (Lipinski definition) is 11. The third-order valence-electron chi connectivity index (χ3n) is 5.26. The van der Waals surface area contributed by atoms with Gasteiger partial charge in [-0.3, -0.25) is 4.79 Å². The number of carbonyl (C=O) groups excluding carboxylic acids is 3. The fourth-order valence-corrected chi connectivity index (χ4v) is 3.69. The van der Waals surface area contributed by atoms with Crippen molar-refractivity contribution >= 4 is 18.2 Å². The van der Waals surface area contributed by atoms with Crippen LogP contribution in [-0.2, 0) is 25.6 Å². The van der Waals surface area contributed by atoms with Crippen molar-refractivity contribution < 1.29 is 53.4 Å². The van der Waals surface area contributed by atoms with E-state index in [2.05, 4.69) is 0 Å². The highest BCUT2D eigenvalue weighted by Gasteiger charge is 2.42. The Labute approximate surface area is 200 Å². The fraction of sp³-hybridized carbons (Fsp3) is 0.375. The monoisotopic (exact) mass is 490 g/mol. The number of esters is 2. The third-order valence-corrected chi connectivity index (χ3v) is 5.26. The summed E-state index contributed by atoms with van der Waals surface area (Å²) in [7, 11) is 0. The van der Waals surface area contributed by atoms with Gasteiger partial charge in [-0.25, -0.2) is 9.59 Å². The van der Waals surface area contributed by atoms with Gasteiger partial charge < -0.3 is 39.0 Å². The number of aryl methyl sites for hydroxylation is 1. The number of rotatable bonds is 10. The number of fused-ring (bicyclic) bond motifs is 1. The first-order chi connectivity index (χ1) is 16.7. The molecule has 1 unspecified atom stereocenters. The molecule has 1 atom stereocenters. The van der Waals surface area contributed by atoms with Crippen molar-refractivity contribution in [3.8, 4) is 28.7 Å². The molecule has 1 heterocycles. The summed E-state index contributed by atoms with van der Waals surface area (Å²) in [6, 6.07) is 1.19. The van der Waals surface area contributed by atoms with E-state index in [1.165, 1.54) is 13.0 Å². The summed E-state index contributed by atoms with van der Waals surface area (Å²) < 4.78 is 26.9. The summed E-state index contributed by atoms with van der Waals surface area (Å²) in [4.78, 5) is 37.2. The summed E-state index contributed by atoms with van der Waals surface area (Å²) in [5.41, 5.74) is -1.02. The van der Waals surface area contributed by atoms with Crippen LogP contribution in [0.2, 0.25) is 0 Å². The standard InChI is InChI=1S/C24H26O11/c1-5-31-10-13-18(27)16-17(24(33-7-3)35-23(16)30)21(19(13)28)34-20-12(9-25)14(26)8-11(4)15(20)22(29)32-6-2/h8-9,24,26-28H,5-7,10H2,1-4H3. The molecule has 3 N–H and O–H groups in total. The van der Waals surface area contributed by atoms with Crippen LogP contribution in [0.1, 0.15) is 74.8 Å². The Balaban J connectivity index is 2.35. The van der Waals surface area contributed by atoms with Crippen molar-refractivity contribution in [1.82, 2.24) is 0 Å². The van der Waals surface area contributed by atoms with Gasteiger partial charge in [0.1, 0.15) is 22.6 Å². The molecular weight excluding hydrogens is 464 g/mol. The lowest BCUT2D eigenvalue weighted by Crippen LogP contribution is -2.12. The van der Waals surface area contributed by atoms with Crippen LogP contribution in [0.3, 0.4) is 0 Å². The van der Waals surface area contributed by atoms with Crippen LogP contribution in [0.15, 0.2) is 6.07 Å². The Morgan fingerprint density at radius 3 is 2.40 bits per heavy atom. The maximum atomic E-state index is 12.7. The van der Waals surface area contributed by atoms with Crippen molar-refractivity contribution in [3.05, 3.63) is 39.4 Å². The summed E-state index contributed by atoms with van der Waals surface area (Å²) >= 11 is 0. The lowest BCUT2D eigenvalue weighted by atomic mass is 9.99. The largest absolute Gasteiger partial charge is 0.507 e. The zero-order valence-corrected chi connectivity index (χ0v) is 19.7. The molecule has 0 saturated heterocycles.